The van der Waals surface area contributed by atoms with Crippen molar-refractivity contribution in [1.82, 2.24) is 9.97 Å². The van der Waals surface area contributed by atoms with E-state index in [0.29, 0.717) is 0 Å². The molecule has 3 rings (SSSR count). The molecule has 0 spiro atoms. The number of nitrogens with zero attached hydrogens (tertiary/aromatic N) is 2. The number of rotatable bonds is 0. The molecule has 0 fully saturated rings. The van der Waals surface area contributed by atoms with E-state index in [1.807, 2.05) is 29.9 Å². The first-order chi connectivity index (χ1) is 6.45. The fourth-order valence-electron chi connectivity index (χ4n) is 1.46. The van der Waals surface area contributed by atoms with E-state index in [0.717, 1.165) is 21.1 Å². The van der Waals surface area contributed by atoms with Crippen LogP contribution in [0.1, 0.15) is 0 Å². The standard InChI is InChI=1S/C10H6N2S/c1-2-7-6-12-10-8(3-5-13-10)9(7)11-4-1/h1-6H. The largest absolute Gasteiger partial charge is 0.255 e. The zero-order valence-electron chi connectivity index (χ0n) is 6.77. The summed E-state index contributed by atoms with van der Waals surface area (Å²) in [5.41, 5.74) is 1.05. The molecule has 0 aliphatic heterocycles. The summed E-state index contributed by atoms with van der Waals surface area (Å²) in [7, 11) is 0. The van der Waals surface area contributed by atoms with Crippen LogP contribution < -0.4 is 0 Å². The van der Waals surface area contributed by atoms with Crippen molar-refractivity contribution in [1.29, 1.82) is 0 Å². The fourth-order valence-corrected chi connectivity index (χ4v) is 2.19. The summed E-state index contributed by atoms with van der Waals surface area (Å²) in [6.07, 6.45) is 3.70. The van der Waals surface area contributed by atoms with E-state index in [-0.39, 0.29) is 0 Å². The van der Waals surface area contributed by atoms with Crippen LogP contribution in [0, 0.1) is 0 Å². The minimum atomic E-state index is 1.05. The third-order valence-electron chi connectivity index (χ3n) is 2.06. The number of aromatic nitrogens is 2. The van der Waals surface area contributed by atoms with Crippen LogP contribution in [-0.4, -0.2) is 9.97 Å². The summed E-state index contributed by atoms with van der Waals surface area (Å²) in [6, 6.07) is 6.04. The summed E-state index contributed by atoms with van der Waals surface area (Å²) < 4.78 is 0. The quantitative estimate of drug-likeness (QED) is 0.539. The zero-order valence-corrected chi connectivity index (χ0v) is 7.58. The van der Waals surface area contributed by atoms with Crippen molar-refractivity contribution in [3.8, 4) is 0 Å². The van der Waals surface area contributed by atoms with Crippen LogP contribution in [0.25, 0.3) is 21.1 Å². The maximum absolute atomic E-state index is 4.35. The molecular formula is C10H6N2S. The predicted molar refractivity (Wildman–Crippen MR) is 54.9 cm³/mol. The Hall–Kier alpha value is -1.48. The van der Waals surface area contributed by atoms with E-state index in [9.17, 15) is 0 Å². The van der Waals surface area contributed by atoms with E-state index >= 15 is 0 Å². The molecule has 0 aromatic carbocycles. The van der Waals surface area contributed by atoms with Gasteiger partial charge in [0.15, 0.2) is 0 Å². The van der Waals surface area contributed by atoms with Gasteiger partial charge in [0.2, 0.25) is 0 Å². The first-order valence-corrected chi connectivity index (χ1v) is 4.90. The van der Waals surface area contributed by atoms with Crippen molar-refractivity contribution < 1.29 is 0 Å². The Kier molecular flexibility index (Phi) is 1.34. The first-order valence-electron chi connectivity index (χ1n) is 4.02. The lowest BCUT2D eigenvalue weighted by Gasteiger charge is -1.95. The van der Waals surface area contributed by atoms with Gasteiger partial charge >= 0.3 is 0 Å². The number of pyridine rings is 2. The SMILES string of the molecule is c1cnc2c(c1)cnc1sccc12. The molecule has 0 unspecified atom stereocenters. The lowest BCUT2D eigenvalue weighted by Crippen LogP contribution is -1.79. The minimum Gasteiger partial charge on any atom is -0.255 e. The van der Waals surface area contributed by atoms with E-state index < -0.39 is 0 Å². The van der Waals surface area contributed by atoms with Crippen LogP contribution in [0.3, 0.4) is 0 Å². The molecule has 62 valence electrons. The molecule has 0 aliphatic carbocycles. The minimum absolute atomic E-state index is 1.05. The van der Waals surface area contributed by atoms with Crippen LogP contribution in [0.4, 0.5) is 0 Å². The van der Waals surface area contributed by atoms with Crippen LogP contribution in [0.2, 0.25) is 0 Å². The highest BCUT2D eigenvalue weighted by Gasteiger charge is 2.01. The van der Waals surface area contributed by atoms with Gasteiger partial charge in [-0.05, 0) is 23.6 Å². The van der Waals surface area contributed by atoms with Crippen LogP contribution in [0.5, 0.6) is 0 Å². The van der Waals surface area contributed by atoms with Gasteiger partial charge in [-0.1, -0.05) is 0 Å². The van der Waals surface area contributed by atoms with Crippen LogP contribution >= 0.6 is 11.3 Å². The molecule has 2 nitrogen and oxygen atoms in total. The van der Waals surface area contributed by atoms with E-state index in [1.54, 1.807) is 11.3 Å². The van der Waals surface area contributed by atoms with Gasteiger partial charge in [0.05, 0.1) is 5.52 Å². The van der Waals surface area contributed by atoms with Gasteiger partial charge in [-0.25, -0.2) is 4.98 Å². The number of thiophene rings is 1. The Morgan fingerprint density at radius 1 is 1.15 bits per heavy atom. The predicted octanol–water partition coefficient (Wildman–Crippen LogP) is 2.84. The first kappa shape index (κ1) is 6.97. The summed E-state index contributed by atoms with van der Waals surface area (Å²) in [5, 5.41) is 4.31. The van der Waals surface area contributed by atoms with Crippen molar-refractivity contribution in [2.45, 2.75) is 0 Å². The van der Waals surface area contributed by atoms with Gasteiger partial charge in [0, 0.05) is 23.2 Å². The van der Waals surface area contributed by atoms with Gasteiger partial charge in [-0.15, -0.1) is 11.3 Å². The van der Waals surface area contributed by atoms with E-state index in [2.05, 4.69) is 16.0 Å². The van der Waals surface area contributed by atoms with Crippen LogP contribution in [-0.2, 0) is 0 Å². The molecule has 13 heavy (non-hydrogen) atoms. The Labute approximate surface area is 78.9 Å². The Morgan fingerprint density at radius 2 is 2.15 bits per heavy atom. The molecule has 0 bridgehead atoms. The van der Waals surface area contributed by atoms with E-state index in [1.165, 1.54) is 0 Å². The number of fused-ring (bicyclic) bond motifs is 3. The van der Waals surface area contributed by atoms with Gasteiger partial charge in [0.25, 0.3) is 0 Å². The molecule has 0 radical (unpaired) electrons. The molecule has 0 aliphatic rings. The Bertz CT molecular complexity index is 571. The maximum atomic E-state index is 4.35. The van der Waals surface area contributed by atoms with Crippen molar-refractivity contribution in [2.75, 3.05) is 0 Å². The lowest BCUT2D eigenvalue weighted by molar-refractivity contribution is 1.40. The highest BCUT2D eigenvalue weighted by Crippen LogP contribution is 2.24. The normalized spacial score (nSPS) is 11.1. The third-order valence-corrected chi connectivity index (χ3v) is 2.88. The molecular weight excluding hydrogens is 180 g/mol. The molecule has 3 heterocycles. The molecule has 3 heteroatoms. The second-order valence-corrected chi connectivity index (χ2v) is 3.73. The van der Waals surface area contributed by atoms with Crippen molar-refractivity contribution in [2.24, 2.45) is 0 Å². The molecule has 0 saturated heterocycles. The molecule has 0 amide bonds. The summed E-state index contributed by atoms with van der Waals surface area (Å²) in [4.78, 5) is 9.76. The highest BCUT2D eigenvalue weighted by atomic mass is 32.1. The second kappa shape index (κ2) is 2.50. The topological polar surface area (TPSA) is 25.8 Å². The molecule has 0 atom stereocenters. The van der Waals surface area contributed by atoms with Crippen molar-refractivity contribution >= 4 is 32.5 Å². The monoisotopic (exact) mass is 186 g/mol. The summed E-state index contributed by atoms with van der Waals surface area (Å²) in [6.45, 7) is 0. The van der Waals surface area contributed by atoms with Gasteiger partial charge < -0.3 is 0 Å². The fraction of sp³-hybridized carbons (Fsp3) is 0. The lowest BCUT2D eigenvalue weighted by atomic mass is 10.2. The third kappa shape index (κ3) is 0.939. The van der Waals surface area contributed by atoms with Gasteiger partial charge in [-0.3, -0.25) is 4.98 Å². The van der Waals surface area contributed by atoms with Crippen LogP contribution in [0.15, 0.2) is 36.0 Å². The van der Waals surface area contributed by atoms with E-state index in [4.69, 9.17) is 0 Å². The van der Waals surface area contributed by atoms with Gasteiger partial charge in [0.1, 0.15) is 4.83 Å². The Balaban J connectivity index is 2.65. The summed E-state index contributed by atoms with van der Waals surface area (Å²) in [5.74, 6) is 0. The number of hydrogen-bond acceptors (Lipinski definition) is 3. The maximum Gasteiger partial charge on any atom is 0.125 e. The highest BCUT2D eigenvalue weighted by molar-refractivity contribution is 7.16. The molecule has 0 N–H and O–H groups in total. The van der Waals surface area contributed by atoms with Crippen molar-refractivity contribution in [3.63, 3.8) is 0 Å². The zero-order chi connectivity index (χ0) is 8.67. The number of hydrogen-bond donors (Lipinski definition) is 0. The van der Waals surface area contributed by atoms with Crippen molar-refractivity contribution in [3.05, 3.63) is 36.0 Å². The summed E-state index contributed by atoms with van der Waals surface area (Å²) >= 11 is 1.65. The Morgan fingerprint density at radius 3 is 3.15 bits per heavy atom. The smallest absolute Gasteiger partial charge is 0.125 e. The molecule has 3 aromatic rings. The molecule has 3 aromatic heterocycles. The average Bonchev–Trinajstić information content (AvgIpc) is 2.65. The average molecular weight is 186 g/mol. The second-order valence-electron chi connectivity index (χ2n) is 2.84. The molecule has 0 saturated carbocycles. The van der Waals surface area contributed by atoms with Gasteiger partial charge in [-0.2, -0.15) is 0 Å².